The van der Waals surface area contributed by atoms with E-state index in [1.807, 2.05) is 0 Å². The Kier molecular flexibility index (Phi) is 5.33. The molecule has 1 amide bonds. The van der Waals surface area contributed by atoms with Gasteiger partial charge < -0.3 is 25.2 Å². The van der Waals surface area contributed by atoms with Gasteiger partial charge in [-0.15, -0.1) is 0 Å². The lowest BCUT2D eigenvalue weighted by molar-refractivity contribution is -0.116. The summed E-state index contributed by atoms with van der Waals surface area (Å²) < 4.78 is 47.8. The molecule has 0 unspecified atom stereocenters. The SMILES string of the molecule is O=C1CCc2c(OC[C@]3(O)CCN(c4c(F)cccc4F)C[C@H]3O)ccc(F)c2N1. The van der Waals surface area contributed by atoms with Crippen LogP contribution in [0.4, 0.5) is 24.5 Å². The van der Waals surface area contributed by atoms with Crippen molar-refractivity contribution in [2.24, 2.45) is 0 Å². The molecule has 9 heteroatoms. The number of aliphatic hydroxyl groups is 2. The molecule has 2 aliphatic rings. The van der Waals surface area contributed by atoms with E-state index in [0.29, 0.717) is 11.3 Å². The van der Waals surface area contributed by atoms with Crippen molar-refractivity contribution in [2.45, 2.75) is 31.0 Å². The monoisotopic (exact) mass is 422 g/mol. The van der Waals surface area contributed by atoms with Gasteiger partial charge in [-0.1, -0.05) is 6.07 Å². The molecule has 2 heterocycles. The molecule has 3 N–H and O–H groups in total. The molecular formula is C21H21F3N2O4. The minimum Gasteiger partial charge on any atom is -0.490 e. The standard InChI is InChI=1S/C21H21F3N2O4/c22-13-5-6-16(12-4-7-18(28)25-19(12)13)30-11-21(29)8-9-26(10-17(21)27)20-14(23)2-1-3-15(20)24/h1-3,5-6,17,27,29H,4,7-11H2,(H,25,28)/t17-,21-/m1/s1. The quantitative estimate of drug-likeness (QED) is 0.705. The number of hydrogen-bond donors (Lipinski definition) is 3. The fraction of sp³-hybridized carbons (Fsp3) is 0.381. The van der Waals surface area contributed by atoms with E-state index in [4.69, 9.17) is 4.74 Å². The zero-order chi connectivity index (χ0) is 21.5. The molecule has 4 rings (SSSR count). The molecule has 2 aromatic rings. The minimum absolute atomic E-state index is 0.00205. The number of piperidine rings is 1. The fourth-order valence-corrected chi connectivity index (χ4v) is 3.89. The summed E-state index contributed by atoms with van der Waals surface area (Å²) in [5, 5.41) is 23.9. The summed E-state index contributed by atoms with van der Waals surface area (Å²) in [5.74, 6) is -2.06. The van der Waals surface area contributed by atoms with E-state index in [1.165, 1.54) is 17.0 Å². The molecule has 1 fully saturated rings. The second-order valence-corrected chi connectivity index (χ2v) is 7.62. The second-order valence-electron chi connectivity index (χ2n) is 7.62. The van der Waals surface area contributed by atoms with Gasteiger partial charge in [-0.3, -0.25) is 4.79 Å². The van der Waals surface area contributed by atoms with Gasteiger partial charge in [0.25, 0.3) is 0 Å². The molecule has 160 valence electrons. The third-order valence-corrected chi connectivity index (χ3v) is 5.65. The number of aliphatic hydroxyl groups excluding tert-OH is 1. The number of amides is 1. The highest BCUT2D eigenvalue weighted by atomic mass is 19.1. The Balaban J connectivity index is 1.48. The molecule has 0 saturated carbocycles. The van der Waals surface area contributed by atoms with E-state index in [0.717, 1.165) is 18.2 Å². The Morgan fingerprint density at radius 2 is 1.87 bits per heavy atom. The van der Waals surface area contributed by atoms with Gasteiger partial charge in [0.1, 0.15) is 47.2 Å². The summed E-state index contributed by atoms with van der Waals surface area (Å²) in [5.41, 5.74) is -1.36. The highest BCUT2D eigenvalue weighted by Gasteiger charge is 2.42. The number of benzene rings is 2. The van der Waals surface area contributed by atoms with Crippen molar-refractivity contribution in [3.63, 3.8) is 0 Å². The van der Waals surface area contributed by atoms with Crippen molar-refractivity contribution in [1.82, 2.24) is 0 Å². The molecule has 0 spiro atoms. The number of rotatable bonds is 4. The number of nitrogens with one attached hydrogen (secondary N) is 1. The first-order valence-corrected chi connectivity index (χ1v) is 9.62. The van der Waals surface area contributed by atoms with Crippen LogP contribution in [0.25, 0.3) is 0 Å². The molecule has 6 nitrogen and oxygen atoms in total. The summed E-state index contributed by atoms with van der Waals surface area (Å²) in [6.07, 6.45) is -0.859. The smallest absolute Gasteiger partial charge is 0.224 e. The third-order valence-electron chi connectivity index (χ3n) is 5.65. The number of fused-ring (bicyclic) bond motifs is 1. The number of ether oxygens (including phenoxy) is 1. The van der Waals surface area contributed by atoms with E-state index in [-0.39, 0.29) is 56.2 Å². The number of nitrogens with zero attached hydrogens (tertiary/aromatic N) is 1. The summed E-state index contributed by atoms with van der Waals surface area (Å²) in [4.78, 5) is 12.9. The number of hydrogen-bond acceptors (Lipinski definition) is 5. The van der Waals surface area contributed by atoms with Gasteiger partial charge in [0.2, 0.25) is 5.91 Å². The van der Waals surface area contributed by atoms with Crippen LogP contribution in [0, 0.1) is 17.5 Å². The van der Waals surface area contributed by atoms with Crippen LogP contribution in [0.1, 0.15) is 18.4 Å². The van der Waals surface area contributed by atoms with Crippen molar-refractivity contribution in [1.29, 1.82) is 0 Å². The predicted molar refractivity (Wildman–Crippen MR) is 103 cm³/mol. The van der Waals surface area contributed by atoms with Gasteiger partial charge in [-0.25, -0.2) is 13.2 Å². The lowest BCUT2D eigenvalue weighted by Gasteiger charge is -2.42. The number of para-hydroxylation sites is 1. The Morgan fingerprint density at radius 1 is 1.13 bits per heavy atom. The summed E-state index contributed by atoms with van der Waals surface area (Å²) in [7, 11) is 0. The average Bonchev–Trinajstić information content (AvgIpc) is 2.70. The van der Waals surface area contributed by atoms with Crippen LogP contribution in [0.5, 0.6) is 5.75 Å². The molecule has 0 radical (unpaired) electrons. The van der Waals surface area contributed by atoms with Gasteiger partial charge in [0, 0.05) is 25.1 Å². The number of β-amino-alcohol motifs (C(OH)–C–C–N with tert-alkyl or cyclic N) is 1. The van der Waals surface area contributed by atoms with Crippen LogP contribution in [0.3, 0.4) is 0 Å². The fourth-order valence-electron chi connectivity index (χ4n) is 3.89. The summed E-state index contributed by atoms with van der Waals surface area (Å²) >= 11 is 0. The van der Waals surface area contributed by atoms with E-state index >= 15 is 0 Å². The van der Waals surface area contributed by atoms with Gasteiger partial charge in [0.15, 0.2) is 0 Å². The summed E-state index contributed by atoms with van der Waals surface area (Å²) in [6, 6.07) is 6.08. The molecule has 2 atom stereocenters. The van der Waals surface area contributed by atoms with E-state index in [2.05, 4.69) is 5.32 Å². The van der Waals surface area contributed by atoms with Crippen molar-refractivity contribution >= 4 is 17.3 Å². The normalized spacial score (nSPS) is 23.7. The predicted octanol–water partition coefficient (Wildman–Crippen LogP) is 2.37. The molecule has 1 saturated heterocycles. The Morgan fingerprint density at radius 3 is 2.57 bits per heavy atom. The van der Waals surface area contributed by atoms with Crippen molar-refractivity contribution in [3.05, 3.63) is 53.3 Å². The van der Waals surface area contributed by atoms with Crippen LogP contribution in [0.15, 0.2) is 30.3 Å². The zero-order valence-electron chi connectivity index (χ0n) is 16.0. The average molecular weight is 422 g/mol. The lowest BCUT2D eigenvalue weighted by Crippen LogP contribution is -2.58. The van der Waals surface area contributed by atoms with Crippen LogP contribution >= 0.6 is 0 Å². The van der Waals surface area contributed by atoms with E-state index in [1.54, 1.807) is 0 Å². The maximum Gasteiger partial charge on any atom is 0.224 e. The van der Waals surface area contributed by atoms with Crippen molar-refractivity contribution in [2.75, 3.05) is 29.9 Å². The molecule has 2 aromatic carbocycles. The lowest BCUT2D eigenvalue weighted by atomic mass is 9.89. The third kappa shape index (κ3) is 3.70. The highest BCUT2D eigenvalue weighted by Crippen LogP contribution is 2.35. The molecular weight excluding hydrogens is 401 g/mol. The zero-order valence-corrected chi connectivity index (χ0v) is 16.0. The number of anilines is 2. The van der Waals surface area contributed by atoms with Crippen LogP contribution in [-0.4, -0.2) is 47.5 Å². The first-order chi connectivity index (χ1) is 14.3. The molecule has 0 aromatic heterocycles. The number of carbonyl (C=O) groups excluding carboxylic acids is 1. The van der Waals surface area contributed by atoms with Gasteiger partial charge in [-0.05, 0) is 37.1 Å². The second kappa shape index (κ2) is 7.81. The van der Waals surface area contributed by atoms with Crippen LogP contribution in [-0.2, 0) is 11.2 Å². The van der Waals surface area contributed by atoms with Gasteiger partial charge in [0.05, 0.1) is 5.69 Å². The number of halogens is 3. The van der Waals surface area contributed by atoms with E-state index < -0.39 is 29.2 Å². The maximum absolute atomic E-state index is 14.0. The molecule has 0 bridgehead atoms. The summed E-state index contributed by atoms with van der Waals surface area (Å²) in [6.45, 7) is -0.380. The molecule has 30 heavy (non-hydrogen) atoms. The Bertz CT molecular complexity index is 967. The van der Waals surface area contributed by atoms with Crippen LogP contribution < -0.4 is 15.0 Å². The molecule has 0 aliphatic carbocycles. The van der Waals surface area contributed by atoms with Gasteiger partial charge >= 0.3 is 0 Å². The van der Waals surface area contributed by atoms with Crippen LogP contribution in [0.2, 0.25) is 0 Å². The van der Waals surface area contributed by atoms with Crippen molar-refractivity contribution < 1.29 is 32.9 Å². The first kappa shape index (κ1) is 20.5. The van der Waals surface area contributed by atoms with Crippen molar-refractivity contribution in [3.8, 4) is 5.75 Å². The highest BCUT2D eigenvalue weighted by molar-refractivity contribution is 5.94. The van der Waals surface area contributed by atoms with E-state index in [9.17, 15) is 28.2 Å². The molecule has 2 aliphatic heterocycles. The minimum atomic E-state index is -1.66. The maximum atomic E-state index is 14.0. The largest absolute Gasteiger partial charge is 0.490 e. The first-order valence-electron chi connectivity index (χ1n) is 9.62. The Hall–Kier alpha value is -2.78. The number of carbonyl (C=O) groups is 1. The topological polar surface area (TPSA) is 82.0 Å². The Labute approximate surface area is 170 Å². The van der Waals surface area contributed by atoms with Gasteiger partial charge in [-0.2, -0.15) is 0 Å².